The Labute approximate surface area is 224 Å². The maximum Gasteiger partial charge on any atom is 0.496 e. The van der Waals surface area contributed by atoms with Crippen LogP contribution in [0.1, 0.15) is 84.3 Å². The van der Waals surface area contributed by atoms with Crippen molar-refractivity contribution < 1.29 is 23.5 Å². The first kappa shape index (κ1) is 26.9. The van der Waals surface area contributed by atoms with Gasteiger partial charge >= 0.3 is 7.12 Å². The van der Waals surface area contributed by atoms with Crippen LogP contribution < -0.4 is 15.5 Å². The Morgan fingerprint density at radius 3 is 2.41 bits per heavy atom. The molecule has 1 saturated heterocycles. The molecule has 6 nitrogen and oxygen atoms in total. The summed E-state index contributed by atoms with van der Waals surface area (Å²) in [7, 11) is -0.828. The van der Waals surface area contributed by atoms with Gasteiger partial charge in [-0.1, -0.05) is 24.6 Å². The van der Waals surface area contributed by atoms with E-state index in [4.69, 9.17) is 25.6 Å². The fourth-order valence-electron chi connectivity index (χ4n) is 5.83. The number of halogens is 2. The predicted molar refractivity (Wildman–Crippen MR) is 143 cm³/mol. The number of hydrogen-bond acceptors (Lipinski definition) is 6. The number of rotatable bonds is 5. The standard InChI is InChI=1S/C28H37BClFN2O4/c1-17-22-21(14-20(31)24(30)23(22)29-36-25(2,3)26(4,5)37-29)35-28(17,18-8-7-13-32-15-18)16-33-19-9-11-27(6,34)12-10-19/h7-8,13-15,17,19,33-34H,9-12,16H2,1-6H3/t17-,19-,27-,28-/m0/s1. The van der Waals surface area contributed by atoms with Crippen LogP contribution in [0.5, 0.6) is 5.75 Å². The zero-order valence-electron chi connectivity index (χ0n) is 22.5. The predicted octanol–water partition coefficient (Wildman–Crippen LogP) is 4.85. The van der Waals surface area contributed by atoms with Crippen molar-refractivity contribution in [2.45, 2.75) is 102 Å². The number of fused-ring (bicyclic) bond motifs is 1. The average Bonchev–Trinajstić information content (AvgIpc) is 3.23. The lowest BCUT2D eigenvalue weighted by Crippen LogP contribution is -2.49. The summed E-state index contributed by atoms with van der Waals surface area (Å²) in [6, 6.07) is 5.50. The van der Waals surface area contributed by atoms with Crippen molar-refractivity contribution in [3.05, 3.63) is 52.6 Å². The van der Waals surface area contributed by atoms with E-state index in [2.05, 4.69) is 17.2 Å². The van der Waals surface area contributed by atoms with Gasteiger partial charge in [0.1, 0.15) is 11.6 Å². The van der Waals surface area contributed by atoms with Crippen LogP contribution >= 0.6 is 11.6 Å². The molecule has 37 heavy (non-hydrogen) atoms. The molecule has 0 radical (unpaired) electrons. The number of nitrogens with zero attached hydrogens (tertiary/aromatic N) is 1. The van der Waals surface area contributed by atoms with Crippen LogP contribution in [0, 0.1) is 5.82 Å². The van der Waals surface area contributed by atoms with Crippen molar-refractivity contribution >= 4 is 24.2 Å². The minimum Gasteiger partial charge on any atom is -0.480 e. The molecule has 0 spiro atoms. The Morgan fingerprint density at radius 1 is 1.16 bits per heavy atom. The minimum atomic E-state index is -0.841. The second-order valence-corrected chi connectivity index (χ2v) is 12.6. The summed E-state index contributed by atoms with van der Waals surface area (Å²) in [5, 5.41) is 14.1. The van der Waals surface area contributed by atoms with E-state index in [1.807, 2.05) is 52.9 Å². The zero-order valence-corrected chi connectivity index (χ0v) is 23.3. The summed E-state index contributed by atoms with van der Waals surface area (Å²) in [6.45, 7) is 12.3. The van der Waals surface area contributed by atoms with E-state index < -0.39 is 35.3 Å². The van der Waals surface area contributed by atoms with E-state index in [1.54, 1.807) is 6.20 Å². The SMILES string of the molecule is C[C@H]1c2c(cc(F)c(Cl)c2B2OC(C)(C)C(C)(C)O2)O[C@]1(CN[C@H]1CC[C@](C)(O)CC1)c1cccnc1. The molecular weight excluding hydrogens is 494 g/mol. The van der Waals surface area contributed by atoms with Gasteiger partial charge < -0.3 is 24.5 Å². The molecule has 0 unspecified atom stereocenters. The Balaban J connectivity index is 1.54. The number of hydrogen-bond donors (Lipinski definition) is 2. The summed E-state index contributed by atoms with van der Waals surface area (Å²) < 4.78 is 34.6. The molecule has 2 atom stereocenters. The highest BCUT2D eigenvalue weighted by molar-refractivity contribution is 6.66. The topological polar surface area (TPSA) is 72.8 Å². The molecule has 1 aromatic heterocycles. The maximum atomic E-state index is 15.2. The Morgan fingerprint density at radius 2 is 1.81 bits per heavy atom. The van der Waals surface area contributed by atoms with Crippen molar-refractivity contribution in [3.8, 4) is 5.75 Å². The third-order valence-corrected chi connectivity index (χ3v) is 9.42. The first-order valence-electron chi connectivity index (χ1n) is 13.2. The van der Waals surface area contributed by atoms with Crippen molar-refractivity contribution in [1.29, 1.82) is 0 Å². The van der Waals surface area contributed by atoms with Gasteiger partial charge in [-0.15, -0.1) is 0 Å². The molecular formula is C28H37BClFN2O4. The van der Waals surface area contributed by atoms with Gasteiger partial charge in [-0.25, -0.2) is 4.39 Å². The van der Waals surface area contributed by atoms with Gasteiger partial charge in [0, 0.05) is 53.6 Å². The van der Waals surface area contributed by atoms with E-state index >= 15 is 4.39 Å². The average molecular weight is 531 g/mol. The Bertz CT molecular complexity index is 1150. The summed E-state index contributed by atoms with van der Waals surface area (Å²) in [5.41, 5.74) is -0.486. The fourth-order valence-corrected chi connectivity index (χ4v) is 6.07. The van der Waals surface area contributed by atoms with Crippen LogP contribution in [0.4, 0.5) is 4.39 Å². The van der Waals surface area contributed by atoms with Crippen molar-refractivity contribution in [2.75, 3.05) is 6.54 Å². The number of pyridine rings is 1. The highest BCUT2D eigenvalue weighted by Gasteiger charge is 2.56. The highest BCUT2D eigenvalue weighted by atomic mass is 35.5. The summed E-state index contributed by atoms with van der Waals surface area (Å²) in [6.07, 6.45) is 6.77. The second kappa shape index (κ2) is 9.20. The molecule has 2 fully saturated rings. The van der Waals surface area contributed by atoms with Crippen LogP contribution in [-0.2, 0) is 14.9 Å². The highest BCUT2D eigenvalue weighted by Crippen LogP contribution is 2.51. The van der Waals surface area contributed by atoms with Crippen LogP contribution in [0.2, 0.25) is 5.02 Å². The molecule has 1 aliphatic carbocycles. The van der Waals surface area contributed by atoms with E-state index in [9.17, 15) is 5.11 Å². The molecule has 3 aliphatic rings. The molecule has 200 valence electrons. The van der Waals surface area contributed by atoms with Crippen LogP contribution in [-0.4, -0.2) is 46.6 Å². The molecule has 2 N–H and O–H groups in total. The van der Waals surface area contributed by atoms with Crippen LogP contribution in [0.25, 0.3) is 0 Å². The van der Waals surface area contributed by atoms with E-state index in [1.165, 1.54) is 6.07 Å². The van der Waals surface area contributed by atoms with Crippen LogP contribution in [0.3, 0.4) is 0 Å². The molecule has 3 heterocycles. The molecule has 0 amide bonds. The Hall–Kier alpha value is -1.71. The fraction of sp³-hybridized carbons (Fsp3) is 0.607. The van der Waals surface area contributed by atoms with Gasteiger partial charge in [-0.2, -0.15) is 0 Å². The van der Waals surface area contributed by atoms with Gasteiger partial charge in [-0.3, -0.25) is 4.98 Å². The normalized spacial score (nSPS) is 32.3. The van der Waals surface area contributed by atoms with Crippen molar-refractivity contribution in [3.63, 3.8) is 0 Å². The number of aromatic nitrogens is 1. The zero-order chi connectivity index (χ0) is 26.8. The van der Waals surface area contributed by atoms with E-state index in [0.717, 1.165) is 36.8 Å². The van der Waals surface area contributed by atoms with Crippen molar-refractivity contribution in [1.82, 2.24) is 10.3 Å². The third kappa shape index (κ3) is 4.59. The summed E-state index contributed by atoms with van der Waals surface area (Å²) >= 11 is 6.63. The van der Waals surface area contributed by atoms with E-state index in [-0.39, 0.29) is 17.0 Å². The first-order chi connectivity index (χ1) is 17.3. The van der Waals surface area contributed by atoms with Gasteiger partial charge in [0.15, 0.2) is 5.60 Å². The Kier molecular flexibility index (Phi) is 6.68. The van der Waals surface area contributed by atoms with Crippen LogP contribution in [0.15, 0.2) is 30.6 Å². The number of benzene rings is 1. The van der Waals surface area contributed by atoms with Gasteiger partial charge in [-0.05, 0) is 66.4 Å². The first-order valence-corrected chi connectivity index (χ1v) is 13.6. The largest absolute Gasteiger partial charge is 0.496 e. The van der Waals surface area contributed by atoms with Gasteiger partial charge in [0.05, 0.1) is 21.8 Å². The second-order valence-electron chi connectivity index (χ2n) is 12.2. The lowest BCUT2D eigenvalue weighted by molar-refractivity contribution is 0.00578. The lowest BCUT2D eigenvalue weighted by atomic mass is 9.69. The van der Waals surface area contributed by atoms with Gasteiger partial charge in [0.2, 0.25) is 0 Å². The monoisotopic (exact) mass is 530 g/mol. The quantitative estimate of drug-likeness (QED) is 0.539. The minimum absolute atomic E-state index is 0.00263. The smallest absolute Gasteiger partial charge is 0.480 e. The van der Waals surface area contributed by atoms with E-state index in [0.29, 0.717) is 17.8 Å². The molecule has 2 aromatic rings. The lowest BCUT2D eigenvalue weighted by Gasteiger charge is -2.38. The summed E-state index contributed by atoms with van der Waals surface area (Å²) in [4.78, 5) is 4.37. The van der Waals surface area contributed by atoms with Crippen molar-refractivity contribution in [2.24, 2.45) is 0 Å². The molecule has 2 aliphatic heterocycles. The molecule has 9 heteroatoms. The molecule has 5 rings (SSSR count). The maximum absolute atomic E-state index is 15.2. The number of nitrogens with one attached hydrogen (secondary N) is 1. The number of ether oxygens (including phenoxy) is 1. The molecule has 0 bridgehead atoms. The number of aliphatic hydroxyl groups is 1. The third-order valence-electron chi connectivity index (χ3n) is 9.04. The molecule has 1 aromatic carbocycles. The van der Waals surface area contributed by atoms with Gasteiger partial charge in [0.25, 0.3) is 0 Å². The molecule has 1 saturated carbocycles. The summed E-state index contributed by atoms with van der Waals surface area (Å²) in [5.74, 6) is -0.337.